The average molecular weight is 165 g/mol. The normalized spacial score (nSPS) is 8.90. The fraction of sp³-hybridized carbons (Fsp3) is 0. The van der Waals surface area contributed by atoms with Crippen LogP contribution in [0.5, 0.6) is 0 Å². The maximum absolute atomic E-state index is 9.83. The van der Waals surface area contributed by atoms with Gasteiger partial charge in [-0.15, -0.1) is 0 Å². The van der Waals surface area contributed by atoms with E-state index in [1.807, 2.05) is 0 Å². The largest absolute Gasteiger partial charge is 0.344 e. The van der Waals surface area contributed by atoms with E-state index >= 15 is 0 Å². The predicted molar refractivity (Wildman–Crippen MR) is 34.1 cm³/mol. The van der Waals surface area contributed by atoms with Crippen molar-refractivity contribution in [1.82, 2.24) is 15.9 Å². The van der Waals surface area contributed by atoms with Crippen LogP contribution in [0.25, 0.3) is 0 Å². The maximum atomic E-state index is 9.83. The Morgan fingerprint density at radius 1 is 1.50 bits per heavy atom. The van der Waals surface area contributed by atoms with Crippen molar-refractivity contribution in [2.45, 2.75) is 0 Å². The van der Waals surface area contributed by atoms with Crippen LogP contribution in [0.1, 0.15) is 0 Å². The smallest absolute Gasteiger partial charge is 0.317 e. The van der Waals surface area contributed by atoms with Gasteiger partial charge in [0.25, 0.3) is 0 Å². The van der Waals surface area contributed by atoms with Crippen LogP contribution in [0.15, 0.2) is 18.7 Å². The molecule has 1 heterocycles. The van der Waals surface area contributed by atoms with Crippen molar-refractivity contribution in [3.63, 3.8) is 0 Å². The fourth-order valence-electron chi connectivity index (χ4n) is 0.372. The number of aromatic nitrogens is 2. The molecule has 0 atom stereocenters. The van der Waals surface area contributed by atoms with Crippen LogP contribution in [0.4, 0.5) is 0 Å². The van der Waals surface area contributed by atoms with Crippen LogP contribution >= 0.6 is 0 Å². The summed E-state index contributed by atoms with van der Waals surface area (Å²) in [5, 5.41) is 0. The quantitative estimate of drug-likeness (QED) is 0.548. The van der Waals surface area contributed by atoms with E-state index in [0.717, 1.165) is 4.73 Å². The molecule has 1 aromatic rings. The second-order valence-corrected chi connectivity index (χ2v) is 1.84. The highest BCUT2D eigenvalue weighted by molar-refractivity contribution is 7.67. The lowest BCUT2D eigenvalue weighted by Crippen LogP contribution is -2.05. The molecule has 0 aliphatic heterocycles. The number of thiol groups is 1. The highest BCUT2D eigenvalue weighted by Gasteiger charge is 1.85. The predicted octanol–water partition coefficient (Wildman–Crippen LogP) is -1.000. The fourth-order valence-corrected chi connectivity index (χ4v) is 0.623. The van der Waals surface area contributed by atoms with Gasteiger partial charge in [-0.25, -0.2) is 4.98 Å². The first kappa shape index (κ1) is 8.92. The average Bonchev–Trinajstić information content (AvgIpc) is 2.15. The minimum absolute atomic E-state index is 0. The van der Waals surface area contributed by atoms with E-state index in [-0.39, 0.29) is 6.15 Å². The molecule has 7 heteroatoms. The zero-order valence-corrected chi connectivity index (χ0v) is 5.90. The summed E-state index contributed by atoms with van der Waals surface area (Å²) >= 11 is 0. The van der Waals surface area contributed by atoms with E-state index in [4.69, 9.17) is 0 Å². The lowest BCUT2D eigenvalue weighted by atomic mass is 11.0. The van der Waals surface area contributed by atoms with Crippen molar-refractivity contribution in [3.8, 4) is 0 Å². The van der Waals surface area contributed by atoms with Crippen molar-refractivity contribution >= 4 is 11.0 Å². The molecule has 0 unspecified atom stereocenters. The zero-order chi connectivity index (χ0) is 6.69. The summed E-state index contributed by atoms with van der Waals surface area (Å²) < 4.78 is 24.8. The summed E-state index contributed by atoms with van der Waals surface area (Å²) in [5.74, 6) is 0. The summed E-state index contributed by atoms with van der Waals surface area (Å²) in [6.07, 6.45) is 4.04. The molecule has 3 N–H and O–H groups in total. The van der Waals surface area contributed by atoms with Gasteiger partial charge in [0.05, 0.1) is 6.20 Å². The monoisotopic (exact) mass is 165 g/mol. The second-order valence-electron chi connectivity index (χ2n) is 1.23. The SMILES string of the molecule is N.O=[SH](=O)On1ccnc1. The summed E-state index contributed by atoms with van der Waals surface area (Å²) in [4.78, 5) is 3.55. The topological polar surface area (TPSA) is 96.2 Å². The molecule has 1 aromatic heterocycles. The molecule has 0 aliphatic rings. The molecule has 58 valence electrons. The minimum Gasteiger partial charge on any atom is -0.344 e. The Bertz CT molecular complexity index is 234. The van der Waals surface area contributed by atoms with Crippen LogP contribution in [-0.2, 0) is 11.0 Å². The number of rotatable bonds is 2. The molecule has 0 amide bonds. The Kier molecular flexibility index (Phi) is 3.44. The molecular weight excluding hydrogens is 158 g/mol. The molecule has 6 nitrogen and oxygen atoms in total. The first-order valence-electron chi connectivity index (χ1n) is 2.10. The van der Waals surface area contributed by atoms with E-state index in [0.29, 0.717) is 0 Å². The second kappa shape index (κ2) is 3.85. The van der Waals surface area contributed by atoms with Crippen molar-refractivity contribution in [2.75, 3.05) is 0 Å². The van der Waals surface area contributed by atoms with Gasteiger partial charge < -0.3 is 6.15 Å². The third-order valence-electron chi connectivity index (χ3n) is 0.641. The van der Waals surface area contributed by atoms with Crippen LogP contribution in [-0.4, -0.2) is 18.1 Å². The van der Waals surface area contributed by atoms with Crippen LogP contribution < -0.4 is 10.4 Å². The Hall–Kier alpha value is -1.08. The summed E-state index contributed by atoms with van der Waals surface area (Å²) in [6, 6.07) is 0. The van der Waals surface area contributed by atoms with Gasteiger partial charge in [0.2, 0.25) is 0 Å². The minimum atomic E-state index is -2.83. The van der Waals surface area contributed by atoms with Gasteiger partial charge >= 0.3 is 11.0 Å². The molecule has 1 rings (SSSR count). The number of hydrogen-bond acceptors (Lipinski definition) is 5. The van der Waals surface area contributed by atoms with Crippen molar-refractivity contribution in [3.05, 3.63) is 18.7 Å². The number of imidazole rings is 1. The van der Waals surface area contributed by atoms with Gasteiger partial charge in [0.15, 0.2) is 0 Å². The molecular formula is C3H7N3O3S. The van der Waals surface area contributed by atoms with Gasteiger partial charge in [-0.3, -0.25) is 4.28 Å². The molecule has 0 saturated heterocycles. The third kappa shape index (κ3) is 2.46. The molecule has 10 heavy (non-hydrogen) atoms. The molecule has 0 bridgehead atoms. The van der Waals surface area contributed by atoms with Crippen LogP contribution in [0.2, 0.25) is 0 Å². The molecule has 0 aliphatic carbocycles. The summed E-state index contributed by atoms with van der Waals surface area (Å²) in [7, 11) is -2.83. The van der Waals surface area contributed by atoms with Crippen molar-refractivity contribution < 1.29 is 12.7 Å². The van der Waals surface area contributed by atoms with Gasteiger partial charge in [0, 0.05) is 6.20 Å². The molecule has 0 saturated carbocycles. The van der Waals surface area contributed by atoms with Gasteiger partial charge in [-0.1, -0.05) is 0 Å². The van der Waals surface area contributed by atoms with Crippen LogP contribution in [0.3, 0.4) is 0 Å². The highest BCUT2D eigenvalue weighted by Crippen LogP contribution is 1.78. The first-order chi connectivity index (χ1) is 4.29. The third-order valence-corrected chi connectivity index (χ3v) is 0.963. The Morgan fingerprint density at radius 3 is 2.60 bits per heavy atom. The van der Waals surface area contributed by atoms with E-state index < -0.39 is 11.0 Å². The van der Waals surface area contributed by atoms with E-state index in [2.05, 4.69) is 9.27 Å². The molecule has 0 radical (unpaired) electrons. The Morgan fingerprint density at radius 2 is 2.20 bits per heavy atom. The van der Waals surface area contributed by atoms with Gasteiger partial charge in [-0.05, 0) is 0 Å². The first-order valence-corrected chi connectivity index (χ1v) is 3.19. The van der Waals surface area contributed by atoms with E-state index in [1.54, 1.807) is 0 Å². The molecule has 0 spiro atoms. The zero-order valence-electron chi connectivity index (χ0n) is 5.01. The van der Waals surface area contributed by atoms with Gasteiger partial charge in [0.1, 0.15) is 6.33 Å². The lowest BCUT2D eigenvalue weighted by Gasteiger charge is -1.91. The summed E-state index contributed by atoms with van der Waals surface area (Å²) in [6.45, 7) is 0. The lowest BCUT2D eigenvalue weighted by molar-refractivity contribution is 0.291. The Labute approximate surface area is 59.1 Å². The number of nitrogens with zero attached hydrogens (tertiary/aromatic N) is 2. The summed E-state index contributed by atoms with van der Waals surface area (Å²) in [5.41, 5.74) is 0. The van der Waals surface area contributed by atoms with E-state index in [9.17, 15) is 8.42 Å². The standard InChI is InChI=1S/C3H4N2O3S.H3N/c6-9(7)8-5-2-1-4-3-5;/h1-3,9H;1H3. The maximum Gasteiger partial charge on any atom is 0.317 e. The van der Waals surface area contributed by atoms with Crippen LogP contribution in [0, 0.1) is 0 Å². The molecule has 0 aromatic carbocycles. The highest BCUT2D eigenvalue weighted by atomic mass is 32.2. The Balaban J connectivity index is 0.000000810. The number of hydrogen-bond donors (Lipinski definition) is 2. The van der Waals surface area contributed by atoms with Gasteiger partial charge in [-0.2, -0.15) is 13.1 Å². The van der Waals surface area contributed by atoms with Crippen molar-refractivity contribution in [1.29, 1.82) is 0 Å². The molecule has 0 fully saturated rings. The van der Waals surface area contributed by atoms with Crippen molar-refractivity contribution in [2.24, 2.45) is 0 Å². The van der Waals surface area contributed by atoms with E-state index in [1.165, 1.54) is 18.7 Å².